The van der Waals surface area contributed by atoms with Crippen molar-refractivity contribution in [3.05, 3.63) is 24.3 Å². The summed E-state index contributed by atoms with van der Waals surface area (Å²) in [4.78, 5) is 6.82. The van der Waals surface area contributed by atoms with Crippen LogP contribution in [0.5, 0.6) is 5.75 Å². The molecule has 1 aliphatic carbocycles. The van der Waals surface area contributed by atoms with Crippen molar-refractivity contribution < 1.29 is 9.47 Å². The molecule has 0 unspecified atom stereocenters. The van der Waals surface area contributed by atoms with Crippen LogP contribution in [0.4, 0.5) is 5.69 Å². The number of guanidine groups is 1. The smallest absolute Gasteiger partial charge is 0.193 e. The van der Waals surface area contributed by atoms with E-state index in [-0.39, 0.29) is 24.0 Å². The zero-order valence-electron chi connectivity index (χ0n) is 13.8. The van der Waals surface area contributed by atoms with Gasteiger partial charge in [-0.3, -0.25) is 9.89 Å². The lowest BCUT2D eigenvalue weighted by Gasteiger charge is -2.20. The van der Waals surface area contributed by atoms with E-state index in [1.807, 2.05) is 24.3 Å². The van der Waals surface area contributed by atoms with Gasteiger partial charge >= 0.3 is 0 Å². The molecule has 0 aromatic heterocycles. The Kier molecular flexibility index (Phi) is 9.27. The number of nitrogens with zero attached hydrogens (tertiary/aromatic N) is 2. The van der Waals surface area contributed by atoms with Crippen LogP contribution in [0.15, 0.2) is 29.3 Å². The first-order chi connectivity index (χ1) is 10.7. The van der Waals surface area contributed by atoms with Crippen molar-refractivity contribution in [1.29, 1.82) is 0 Å². The SMILES string of the molecule is COCCN(CCN=C(N)Nc1ccccc1OC)C1CC1.I. The summed E-state index contributed by atoms with van der Waals surface area (Å²) in [5.41, 5.74) is 6.77. The van der Waals surface area contributed by atoms with Crippen molar-refractivity contribution in [1.82, 2.24) is 4.90 Å². The molecule has 0 aliphatic heterocycles. The van der Waals surface area contributed by atoms with E-state index in [1.165, 1.54) is 12.8 Å². The summed E-state index contributed by atoms with van der Waals surface area (Å²) in [7, 11) is 3.37. The Bertz CT molecular complexity index is 495. The van der Waals surface area contributed by atoms with Crippen LogP contribution in [0.3, 0.4) is 0 Å². The fourth-order valence-electron chi connectivity index (χ4n) is 2.35. The first kappa shape index (κ1) is 20.0. The molecule has 1 aliphatic rings. The number of hydrogen-bond donors (Lipinski definition) is 2. The van der Waals surface area contributed by atoms with Crippen LogP contribution in [0, 0.1) is 0 Å². The van der Waals surface area contributed by atoms with E-state index < -0.39 is 0 Å². The molecule has 0 amide bonds. The van der Waals surface area contributed by atoms with Crippen LogP contribution in [0.1, 0.15) is 12.8 Å². The highest BCUT2D eigenvalue weighted by Crippen LogP contribution is 2.26. The van der Waals surface area contributed by atoms with Crippen molar-refractivity contribution in [2.45, 2.75) is 18.9 Å². The van der Waals surface area contributed by atoms with Gasteiger partial charge in [-0.1, -0.05) is 12.1 Å². The maximum Gasteiger partial charge on any atom is 0.193 e. The lowest BCUT2D eigenvalue weighted by Crippen LogP contribution is -2.33. The lowest BCUT2D eigenvalue weighted by molar-refractivity contribution is 0.145. The van der Waals surface area contributed by atoms with Crippen LogP contribution in [0.25, 0.3) is 0 Å². The molecule has 130 valence electrons. The molecule has 7 heteroatoms. The van der Waals surface area contributed by atoms with Gasteiger partial charge in [0, 0.05) is 26.2 Å². The lowest BCUT2D eigenvalue weighted by atomic mass is 10.3. The number of aliphatic imine (C=N–C) groups is 1. The van der Waals surface area contributed by atoms with Gasteiger partial charge in [-0.2, -0.15) is 0 Å². The third kappa shape index (κ3) is 6.92. The number of methoxy groups -OCH3 is 2. The van der Waals surface area contributed by atoms with Crippen molar-refractivity contribution >= 4 is 35.6 Å². The molecule has 0 radical (unpaired) electrons. The summed E-state index contributed by atoms with van der Waals surface area (Å²) < 4.78 is 10.4. The molecule has 0 saturated heterocycles. The molecular weight excluding hydrogens is 407 g/mol. The Labute approximate surface area is 155 Å². The van der Waals surface area contributed by atoms with E-state index in [2.05, 4.69) is 15.2 Å². The number of rotatable bonds is 9. The van der Waals surface area contributed by atoms with Crippen molar-refractivity contribution in [3.8, 4) is 5.75 Å². The van der Waals surface area contributed by atoms with Crippen molar-refractivity contribution in [3.63, 3.8) is 0 Å². The number of anilines is 1. The average molecular weight is 434 g/mol. The van der Waals surface area contributed by atoms with E-state index in [4.69, 9.17) is 15.2 Å². The summed E-state index contributed by atoms with van der Waals surface area (Å²) in [6.07, 6.45) is 2.56. The second kappa shape index (κ2) is 10.7. The predicted molar refractivity (Wildman–Crippen MR) is 105 cm³/mol. The van der Waals surface area contributed by atoms with E-state index in [1.54, 1.807) is 14.2 Å². The topological polar surface area (TPSA) is 72.1 Å². The van der Waals surface area contributed by atoms with E-state index in [0.717, 1.165) is 31.1 Å². The van der Waals surface area contributed by atoms with Gasteiger partial charge in [-0.05, 0) is 25.0 Å². The fourth-order valence-corrected chi connectivity index (χ4v) is 2.35. The van der Waals surface area contributed by atoms with Crippen molar-refractivity contribution in [2.24, 2.45) is 10.7 Å². The number of halogens is 1. The number of benzene rings is 1. The van der Waals surface area contributed by atoms with Gasteiger partial charge in [-0.25, -0.2) is 0 Å². The second-order valence-electron chi connectivity index (χ2n) is 5.35. The molecule has 1 fully saturated rings. The number of hydrogen-bond acceptors (Lipinski definition) is 4. The maximum atomic E-state index is 5.95. The van der Waals surface area contributed by atoms with Gasteiger partial charge < -0.3 is 20.5 Å². The fraction of sp³-hybridized carbons (Fsp3) is 0.562. The van der Waals surface area contributed by atoms with Gasteiger partial charge in [0.25, 0.3) is 0 Å². The highest BCUT2D eigenvalue weighted by Gasteiger charge is 2.27. The molecule has 1 aromatic carbocycles. The molecule has 1 saturated carbocycles. The number of para-hydroxylation sites is 2. The second-order valence-corrected chi connectivity index (χ2v) is 5.35. The first-order valence-corrected chi connectivity index (χ1v) is 7.67. The molecular formula is C16H27IN4O2. The van der Waals surface area contributed by atoms with Crippen LogP contribution in [-0.2, 0) is 4.74 Å². The Morgan fingerprint density at radius 3 is 2.70 bits per heavy atom. The number of ether oxygens (including phenoxy) is 2. The standard InChI is InChI=1S/C16H26N4O2.HI/c1-21-12-11-20(13-7-8-13)10-9-18-16(17)19-14-5-3-4-6-15(14)22-2;/h3-6,13H,7-12H2,1-2H3,(H3,17,18,19);1H. The zero-order chi connectivity index (χ0) is 15.8. The largest absolute Gasteiger partial charge is 0.495 e. The third-order valence-corrected chi connectivity index (χ3v) is 3.68. The minimum atomic E-state index is 0. The Balaban J connectivity index is 0.00000264. The highest BCUT2D eigenvalue weighted by molar-refractivity contribution is 14.0. The summed E-state index contributed by atoms with van der Waals surface area (Å²) in [6, 6.07) is 8.35. The summed E-state index contributed by atoms with van der Waals surface area (Å²) in [6.45, 7) is 3.29. The van der Waals surface area contributed by atoms with Crippen LogP contribution >= 0.6 is 24.0 Å². The monoisotopic (exact) mass is 434 g/mol. The quantitative estimate of drug-likeness (QED) is 0.354. The molecule has 2 rings (SSSR count). The van der Waals surface area contributed by atoms with E-state index in [0.29, 0.717) is 18.5 Å². The van der Waals surface area contributed by atoms with Crippen LogP contribution in [-0.4, -0.2) is 57.4 Å². The van der Waals surface area contributed by atoms with Gasteiger partial charge in [0.1, 0.15) is 5.75 Å². The molecule has 0 spiro atoms. The molecule has 3 N–H and O–H groups in total. The van der Waals surface area contributed by atoms with Crippen molar-refractivity contribution in [2.75, 3.05) is 45.8 Å². The Morgan fingerprint density at radius 2 is 2.04 bits per heavy atom. The molecule has 0 heterocycles. The van der Waals surface area contributed by atoms with Crippen LogP contribution < -0.4 is 15.8 Å². The molecule has 6 nitrogen and oxygen atoms in total. The third-order valence-electron chi connectivity index (χ3n) is 3.68. The van der Waals surface area contributed by atoms with E-state index in [9.17, 15) is 0 Å². The van der Waals surface area contributed by atoms with E-state index >= 15 is 0 Å². The molecule has 23 heavy (non-hydrogen) atoms. The first-order valence-electron chi connectivity index (χ1n) is 7.67. The van der Waals surface area contributed by atoms with Gasteiger partial charge in [0.15, 0.2) is 5.96 Å². The maximum absolute atomic E-state index is 5.95. The number of nitrogens with two attached hydrogens (primary N) is 1. The summed E-state index contributed by atoms with van der Waals surface area (Å²) in [5.74, 6) is 1.16. The Morgan fingerprint density at radius 1 is 1.30 bits per heavy atom. The predicted octanol–water partition coefficient (Wildman–Crippen LogP) is 2.15. The van der Waals surface area contributed by atoms with Gasteiger partial charge in [0.05, 0.1) is 25.9 Å². The minimum absolute atomic E-state index is 0. The molecule has 1 aromatic rings. The Hall–Kier alpha value is -1.06. The zero-order valence-corrected chi connectivity index (χ0v) is 16.2. The normalized spacial score (nSPS) is 14.5. The molecule has 0 bridgehead atoms. The number of nitrogens with one attached hydrogen (secondary N) is 1. The highest BCUT2D eigenvalue weighted by atomic mass is 127. The average Bonchev–Trinajstić information content (AvgIpc) is 3.36. The minimum Gasteiger partial charge on any atom is -0.495 e. The van der Waals surface area contributed by atoms with Gasteiger partial charge in [0.2, 0.25) is 0 Å². The van der Waals surface area contributed by atoms with Gasteiger partial charge in [-0.15, -0.1) is 24.0 Å². The van der Waals surface area contributed by atoms with Crippen LogP contribution in [0.2, 0.25) is 0 Å². The summed E-state index contributed by atoms with van der Waals surface area (Å²) in [5, 5.41) is 3.08. The summed E-state index contributed by atoms with van der Waals surface area (Å²) >= 11 is 0. The molecule has 0 atom stereocenters.